The highest BCUT2D eigenvalue weighted by Crippen LogP contribution is 2.21. The van der Waals surface area contributed by atoms with Gasteiger partial charge in [0.15, 0.2) is 5.78 Å². The van der Waals surface area contributed by atoms with Crippen LogP contribution in [0.3, 0.4) is 0 Å². The summed E-state index contributed by atoms with van der Waals surface area (Å²) in [5.74, 6) is -1.57. The molecule has 1 N–H and O–H groups in total. The summed E-state index contributed by atoms with van der Waals surface area (Å²) in [7, 11) is 1.27. The number of carbonyl (C=O) groups is 3. The molecule has 0 aliphatic rings. The molecule has 0 saturated heterocycles. The lowest BCUT2D eigenvalue weighted by Gasteiger charge is -2.23. The van der Waals surface area contributed by atoms with E-state index in [-0.39, 0.29) is 36.3 Å². The van der Waals surface area contributed by atoms with Gasteiger partial charge < -0.3 is 14.6 Å². The molecular weight excluding hydrogens is 411 g/mol. The lowest BCUT2D eigenvalue weighted by molar-refractivity contribution is 0.0593. The number of aryl methyl sites for hydroxylation is 2. The number of ether oxygens (including phenoxy) is 1. The molecule has 0 unspecified atom stereocenters. The number of nitrogens with one attached hydrogen (secondary N) is 1. The fraction of sp³-hybridized carbons (Fsp3) is 0.240. The zero-order chi connectivity index (χ0) is 23.4. The fourth-order valence-electron chi connectivity index (χ4n) is 3.62. The number of esters is 1. The van der Waals surface area contributed by atoms with Gasteiger partial charge in [-0.3, -0.25) is 9.59 Å². The van der Waals surface area contributed by atoms with Crippen molar-refractivity contribution in [1.82, 2.24) is 9.88 Å². The Balaban J connectivity index is 1.93. The summed E-state index contributed by atoms with van der Waals surface area (Å²) in [5.41, 5.74) is 3.72. The number of aromatic amines is 1. The first-order valence-corrected chi connectivity index (χ1v) is 10.1. The monoisotopic (exact) mass is 436 g/mol. The number of ketones is 1. The molecule has 32 heavy (non-hydrogen) atoms. The van der Waals surface area contributed by atoms with Crippen LogP contribution in [0, 0.1) is 26.6 Å². The lowest BCUT2D eigenvalue weighted by atomic mass is 10.0. The fourth-order valence-corrected chi connectivity index (χ4v) is 3.62. The number of hydrogen-bond donors (Lipinski definition) is 1. The number of methoxy groups -OCH3 is 1. The van der Waals surface area contributed by atoms with Crippen LogP contribution in [0.5, 0.6) is 0 Å². The summed E-state index contributed by atoms with van der Waals surface area (Å²) >= 11 is 0. The maximum atomic E-state index is 13.3. The summed E-state index contributed by atoms with van der Waals surface area (Å²) in [4.78, 5) is 42.8. The minimum Gasteiger partial charge on any atom is -0.464 e. The predicted molar refractivity (Wildman–Crippen MR) is 118 cm³/mol. The molecule has 0 bridgehead atoms. The molecule has 3 aromatic rings. The number of H-pyrrole nitrogens is 1. The number of halogens is 1. The Morgan fingerprint density at radius 3 is 2.19 bits per heavy atom. The van der Waals surface area contributed by atoms with E-state index < -0.39 is 5.97 Å². The summed E-state index contributed by atoms with van der Waals surface area (Å²) in [6.07, 6.45) is 0. The molecule has 1 heterocycles. The van der Waals surface area contributed by atoms with E-state index in [1.54, 1.807) is 38.1 Å². The summed E-state index contributed by atoms with van der Waals surface area (Å²) in [5, 5.41) is 0. The van der Waals surface area contributed by atoms with Crippen LogP contribution in [0.25, 0.3) is 0 Å². The van der Waals surface area contributed by atoms with Crippen LogP contribution < -0.4 is 0 Å². The second-order valence-corrected chi connectivity index (χ2v) is 7.69. The SMILES string of the molecule is COC(=O)c1[nH]c(C)c(C(=O)CN(Cc2ccc(F)cc2)C(=O)c2ccc(C)cc2)c1C. The second kappa shape index (κ2) is 9.60. The van der Waals surface area contributed by atoms with Crippen molar-refractivity contribution in [3.8, 4) is 0 Å². The highest BCUT2D eigenvalue weighted by molar-refractivity contribution is 6.05. The van der Waals surface area contributed by atoms with Crippen molar-refractivity contribution in [3.05, 3.63) is 93.6 Å². The maximum absolute atomic E-state index is 13.3. The van der Waals surface area contributed by atoms with Crippen LogP contribution >= 0.6 is 0 Å². The van der Waals surface area contributed by atoms with Gasteiger partial charge in [-0.1, -0.05) is 29.8 Å². The van der Waals surface area contributed by atoms with E-state index in [0.29, 0.717) is 27.9 Å². The first-order chi connectivity index (χ1) is 15.2. The Hall–Kier alpha value is -3.74. The largest absolute Gasteiger partial charge is 0.464 e. The average Bonchev–Trinajstić information content (AvgIpc) is 3.08. The number of Topliss-reactive ketones (excluding diaryl/α,β-unsaturated/α-hetero) is 1. The Morgan fingerprint density at radius 1 is 0.969 bits per heavy atom. The van der Waals surface area contributed by atoms with E-state index in [0.717, 1.165) is 5.56 Å². The van der Waals surface area contributed by atoms with E-state index in [4.69, 9.17) is 4.74 Å². The topological polar surface area (TPSA) is 79.5 Å². The Bertz CT molecular complexity index is 1150. The van der Waals surface area contributed by atoms with Gasteiger partial charge in [-0.15, -0.1) is 0 Å². The van der Waals surface area contributed by atoms with E-state index in [1.807, 2.05) is 19.1 Å². The van der Waals surface area contributed by atoms with Crippen LogP contribution in [0.4, 0.5) is 4.39 Å². The smallest absolute Gasteiger partial charge is 0.354 e. The molecule has 0 saturated carbocycles. The molecule has 0 fully saturated rings. The van der Waals surface area contributed by atoms with Crippen molar-refractivity contribution >= 4 is 17.7 Å². The molecular formula is C25H25FN2O4. The highest BCUT2D eigenvalue weighted by Gasteiger charge is 2.26. The van der Waals surface area contributed by atoms with Gasteiger partial charge in [0.25, 0.3) is 5.91 Å². The van der Waals surface area contributed by atoms with E-state index in [1.165, 1.54) is 24.1 Å². The van der Waals surface area contributed by atoms with Gasteiger partial charge in [-0.2, -0.15) is 0 Å². The number of rotatable bonds is 7. The predicted octanol–water partition coefficient (Wildman–Crippen LogP) is 4.39. The van der Waals surface area contributed by atoms with Crippen molar-refractivity contribution < 1.29 is 23.5 Å². The summed E-state index contributed by atoms with van der Waals surface area (Å²) in [6.45, 7) is 5.20. The quantitative estimate of drug-likeness (QED) is 0.440. The van der Waals surface area contributed by atoms with Gasteiger partial charge >= 0.3 is 5.97 Å². The molecule has 1 amide bonds. The second-order valence-electron chi connectivity index (χ2n) is 7.69. The van der Waals surface area contributed by atoms with Gasteiger partial charge in [0.05, 0.1) is 13.7 Å². The minimum absolute atomic E-state index is 0.130. The lowest BCUT2D eigenvalue weighted by Crippen LogP contribution is -2.35. The molecule has 0 spiro atoms. The van der Waals surface area contributed by atoms with E-state index >= 15 is 0 Å². The average molecular weight is 436 g/mol. The van der Waals surface area contributed by atoms with Gasteiger partial charge in [0.2, 0.25) is 0 Å². The summed E-state index contributed by atoms with van der Waals surface area (Å²) in [6, 6.07) is 12.9. The molecule has 0 aliphatic carbocycles. The van der Waals surface area contributed by atoms with Crippen LogP contribution in [-0.4, -0.2) is 41.2 Å². The third kappa shape index (κ3) is 4.94. The molecule has 0 atom stereocenters. The van der Waals surface area contributed by atoms with Crippen LogP contribution in [0.2, 0.25) is 0 Å². The van der Waals surface area contributed by atoms with Crippen molar-refractivity contribution in [1.29, 1.82) is 0 Å². The molecule has 166 valence electrons. The van der Waals surface area contributed by atoms with Gasteiger partial charge in [0, 0.05) is 23.4 Å². The molecule has 2 aromatic carbocycles. The molecule has 0 aliphatic heterocycles. The van der Waals surface area contributed by atoms with Crippen LogP contribution in [-0.2, 0) is 11.3 Å². The summed E-state index contributed by atoms with van der Waals surface area (Å²) < 4.78 is 18.1. The van der Waals surface area contributed by atoms with Crippen molar-refractivity contribution in [2.24, 2.45) is 0 Å². The van der Waals surface area contributed by atoms with Gasteiger partial charge in [-0.25, -0.2) is 9.18 Å². The molecule has 1 aromatic heterocycles. The minimum atomic E-state index is -0.566. The van der Waals surface area contributed by atoms with E-state index in [2.05, 4.69) is 4.98 Å². The molecule has 6 nitrogen and oxygen atoms in total. The Labute approximate surface area is 186 Å². The highest BCUT2D eigenvalue weighted by atomic mass is 19.1. The number of aromatic nitrogens is 1. The van der Waals surface area contributed by atoms with Crippen molar-refractivity contribution in [3.63, 3.8) is 0 Å². The van der Waals surface area contributed by atoms with Gasteiger partial charge in [-0.05, 0) is 56.2 Å². The number of nitrogens with zero attached hydrogens (tertiary/aromatic N) is 1. The number of amides is 1. The van der Waals surface area contributed by atoms with Crippen molar-refractivity contribution in [2.45, 2.75) is 27.3 Å². The third-order valence-corrected chi connectivity index (χ3v) is 5.31. The first-order valence-electron chi connectivity index (χ1n) is 10.1. The Kier molecular flexibility index (Phi) is 6.88. The molecule has 0 radical (unpaired) electrons. The Morgan fingerprint density at radius 2 is 1.59 bits per heavy atom. The third-order valence-electron chi connectivity index (χ3n) is 5.31. The van der Waals surface area contributed by atoms with Crippen LogP contribution in [0.15, 0.2) is 48.5 Å². The first kappa shape index (κ1) is 22.9. The van der Waals surface area contributed by atoms with Crippen molar-refractivity contribution in [2.75, 3.05) is 13.7 Å². The van der Waals surface area contributed by atoms with E-state index in [9.17, 15) is 18.8 Å². The number of carbonyl (C=O) groups excluding carboxylic acids is 3. The normalized spacial score (nSPS) is 10.7. The molecule has 3 rings (SSSR count). The zero-order valence-corrected chi connectivity index (χ0v) is 18.5. The molecule has 7 heteroatoms. The standard InChI is InChI=1S/C25H25FN2O4/c1-15-5-9-19(10-6-15)24(30)28(13-18-7-11-20(26)12-8-18)14-21(29)22-16(2)23(25(31)32-4)27-17(22)3/h5-12,27H,13-14H2,1-4H3. The van der Waals surface area contributed by atoms with Gasteiger partial charge in [0.1, 0.15) is 11.5 Å². The number of hydrogen-bond acceptors (Lipinski definition) is 4. The maximum Gasteiger partial charge on any atom is 0.354 e. The number of benzene rings is 2. The zero-order valence-electron chi connectivity index (χ0n) is 18.5. The van der Waals surface area contributed by atoms with Crippen LogP contribution in [0.1, 0.15) is 53.6 Å².